The third-order valence-electron chi connectivity index (χ3n) is 13.2. The van der Waals surface area contributed by atoms with Gasteiger partial charge in [0.15, 0.2) is 0 Å². The molecule has 4 N–H and O–H groups in total. The van der Waals surface area contributed by atoms with Crippen LogP contribution < -0.4 is 21.3 Å². The second-order valence-electron chi connectivity index (χ2n) is 18.6. The number of ketones is 1. The van der Waals surface area contributed by atoms with Crippen molar-refractivity contribution in [2.45, 2.75) is 129 Å². The Morgan fingerprint density at radius 3 is 2.27 bits per heavy atom. The van der Waals surface area contributed by atoms with E-state index in [1.807, 2.05) is 33.8 Å². The molecule has 302 valence electrons. The molecule has 0 radical (unpaired) electrons. The number of fused-ring (bicyclic) bond motifs is 2. The van der Waals surface area contributed by atoms with Crippen molar-refractivity contribution >= 4 is 39.6 Å². The summed E-state index contributed by atoms with van der Waals surface area (Å²) in [7, 11) is -3.75. The smallest absolute Gasteiger partial charge is 0.315 e. The van der Waals surface area contributed by atoms with Gasteiger partial charge in [-0.2, -0.15) is 4.31 Å². The molecular formula is C41H60N6O7S. The number of carbonyl (C=O) groups excluding carboxylic acids is 5. The number of amides is 5. The summed E-state index contributed by atoms with van der Waals surface area (Å²) in [6, 6.07) is 2.87. The van der Waals surface area contributed by atoms with Crippen molar-refractivity contribution in [2.75, 3.05) is 19.6 Å². The first kappa shape index (κ1) is 40.9. The lowest BCUT2D eigenvalue weighted by Crippen LogP contribution is -2.63. The first-order chi connectivity index (χ1) is 25.8. The van der Waals surface area contributed by atoms with Gasteiger partial charge in [0, 0.05) is 32.2 Å². The van der Waals surface area contributed by atoms with Gasteiger partial charge in [0.2, 0.25) is 27.6 Å². The third kappa shape index (κ3) is 8.36. The molecule has 5 amide bonds. The van der Waals surface area contributed by atoms with Crippen LogP contribution in [0.2, 0.25) is 0 Å². The maximum atomic E-state index is 15.0. The van der Waals surface area contributed by atoms with Gasteiger partial charge >= 0.3 is 6.03 Å². The maximum absolute atomic E-state index is 15.0. The van der Waals surface area contributed by atoms with Crippen LogP contribution in [-0.2, 0) is 35.7 Å². The Morgan fingerprint density at radius 2 is 1.65 bits per heavy atom. The minimum absolute atomic E-state index is 0.0446. The summed E-state index contributed by atoms with van der Waals surface area (Å²) >= 11 is 0. The molecule has 1 aromatic carbocycles. The Balaban J connectivity index is 1.22. The molecule has 2 heterocycles. The summed E-state index contributed by atoms with van der Waals surface area (Å²) in [5, 5.41) is 11.5. The normalized spacial score (nSPS) is 26.4. The molecule has 3 saturated carbocycles. The first-order valence-electron chi connectivity index (χ1n) is 20.0. The molecule has 3 aliphatic carbocycles. The number of likely N-dealkylation sites (tertiary alicyclic amines) is 1. The summed E-state index contributed by atoms with van der Waals surface area (Å²) in [6.45, 7) is 16.3. The standard InChI is InChI=1S/C41H60N6O7S/c1-8-20-42-36(50)33(48)28(21-25-16-17-25)43-35(49)32-31-27(40(31,5)6)23-47(32)37(51)34(41(7)18-12-9-13-19-41)45-38(52)44-30(39(2,3)4)24-46-22-26-14-10-11-15-29(26)55(46,53)54/h8,10-11,14-15,25,27-28,30-32,34H,1,9,12-13,16-24H2,2-7H3,(H,42,50)(H,43,49)(H2,44,45,52)/t27-,28?,30+,31-,32?,34+/m0/s1. The predicted molar refractivity (Wildman–Crippen MR) is 208 cm³/mol. The van der Waals surface area contributed by atoms with E-state index in [2.05, 4.69) is 41.7 Å². The second-order valence-corrected chi connectivity index (χ2v) is 20.5. The molecule has 55 heavy (non-hydrogen) atoms. The van der Waals surface area contributed by atoms with Crippen LogP contribution in [0.25, 0.3) is 0 Å². The molecule has 2 aliphatic heterocycles. The number of carbonyl (C=O) groups is 5. The Kier molecular flexibility index (Phi) is 11.4. The lowest BCUT2D eigenvalue weighted by atomic mass is 9.70. The monoisotopic (exact) mass is 780 g/mol. The Hall–Kier alpha value is -3.78. The van der Waals surface area contributed by atoms with Crippen LogP contribution in [0.1, 0.15) is 98.5 Å². The number of sulfonamides is 1. The molecule has 1 saturated heterocycles. The number of nitrogens with zero attached hydrogens (tertiary/aromatic N) is 2. The Bertz CT molecular complexity index is 1810. The highest BCUT2D eigenvalue weighted by molar-refractivity contribution is 7.89. The van der Waals surface area contributed by atoms with E-state index >= 15 is 0 Å². The van der Waals surface area contributed by atoms with Gasteiger partial charge in [0.05, 0.1) is 10.9 Å². The number of hydrogen-bond acceptors (Lipinski definition) is 7. The average Bonchev–Trinajstić information content (AvgIpc) is 3.94. The highest BCUT2D eigenvalue weighted by atomic mass is 32.2. The Labute approximate surface area is 326 Å². The van der Waals surface area contributed by atoms with Gasteiger partial charge in [0.25, 0.3) is 5.91 Å². The molecule has 6 rings (SSSR count). The highest BCUT2D eigenvalue weighted by Gasteiger charge is 2.70. The zero-order valence-corrected chi connectivity index (χ0v) is 34.1. The number of rotatable bonds is 14. The molecule has 14 heteroatoms. The molecule has 4 fully saturated rings. The van der Waals surface area contributed by atoms with E-state index in [0.717, 1.165) is 32.1 Å². The van der Waals surface area contributed by atoms with E-state index in [9.17, 15) is 32.4 Å². The van der Waals surface area contributed by atoms with Gasteiger partial charge in [-0.25, -0.2) is 13.2 Å². The van der Waals surface area contributed by atoms with E-state index in [1.165, 1.54) is 10.4 Å². The molecule has 0 spiro atoms. The van der Waals surface area contributed by atoms with Crippen LogP contribution >= 0.6 is 0 Å². The number of piperidine rings is 1. The van der Waals surface area contributed by atoms with E-state index in [1.54, 1.807) is 23.1 Å². The topological polar surface area (TPSA) is 174 Å². The fraction of sp³-hybridized carbons (Fsp3) is 0.683. The van der Waals surface area contributed by atoms with Gasteiger partial charge in [-0.3, -0.25) is 19.2 Å². The first-order valence-corrected chi connectivity index (χ1v) is 21.4. The van der Waals surface area contributed by atoms with Gasteiger partial charge in [0.1, 0.15) is 12.1 Å². The molecule has 0 aromatic heterocycles. The summed E-state index contributed by atoms with van der Waals surface area (Å²) in [4.78, 5) is 71.3. The second kappa shape index (κ2) is 15.3. The minimum atomic E-state index is -3.75. The average molecular weight is 781 g/mol. The van der Waals surface area contributed by atoms with Crippen molar-refractivity contribution in [3.05, 3.63) is 42.5 Å². The molecule has 0 bridgehead atoms. The molecular weight excluding hydrogens is 721 g/mol. The van der Waals surface area contributed by atoms with Crippen molar-refractivity contribution in [1.82, 2.24) is 30.5 Å². The van der Waals surface area contributed by atoms with Crippen molar-refractivity contribution < 1.29 is 32.4 Å². The van der Waals surface area contributed by atoms with E-state index < -0.39 is 68.6 Å². The van der Waals surface area contributed by atoms with Crippen LogP contribution in [0, 0.1) is 34.0 Å². The zero-order valence-electron chi connectivity index (χ0n) is 33.3. The molecule has 6 atom stereocenters. The fourth-order valence-corrected chi connectivity index (χ4v) is 10.9. The van der Waals surface area contributed by atoms with Crippen LogP contribution in [0.15, 0.2) is 41.8 Å². The largest absolute Gasteiger partial charge is 0.346 e. The van der Waals surface area contributed by atoms with Gasteiger partial charge in [-0.05, 0) is 64.9 Å². The van der Waals surface area contributed by atoms with E-state index in [0.29, 0.717) is 31.4 Å². The summed E-state index contributed by atoms with van der Waals surface area (Å²) in [5.41, 5.74) is -0.639. The summed E-state index contributed by atoms with van der Waals surface area (Å²) in [5.74, 6) is -2.14. The van der Waals surface area contributed by atoms with Crippen LogP contribution in [0.5, 0.6) is 0 Å². The van der Waals surface area contributed by atoms with Crippen molar-refractivity contribution in [2.24, 2.45) is 34.0 Å². The van der Waals surface area contributed by atoms with Gasteiger partial charge in [-0.15, -0.1) is 6.58 Å². The third-order valence-corrected chi connectivity index (χ3v) is 15.1. The fourth-order valence-electron chi connectivity index (χ4n) is 9.28. The zero-order chi connectivity index (χ0) is 40.1. The number of hydrogen-bond donors (Lipinski definition) is 4. The number of nitrogens with one attached hydrogen (secondary N) is 4. The van der Waals surface area contributed by atoms with Crippen molar-refractivity contribution in [3.63, 3.8) is 0 Å². The molecule has 1 aromatic rings. The van der Waals surface area contributed by atoms with Crippen LogP contribution in [0.4, 0.5) is 4.79 Å². The predicted octanol–water partition coefficient (Wildman–Crippen LogP) is 3.88. The van der Waals surface area contributed by atoms with E-state index in [-0.39, 0.29) is 53.6 Å². The SMILES string of the molecule is C=CCNC(=O)C(=O)C(CC1CC1)NC(=O)C1[C@@H]2[C@H](CN1C(=O)[C@@H](NC(=O)N[C@H](CN1Cc3ccccc3S1(=O)=O)C(C)(C)C)C1(C)CCCCC1)C2(C)C. The lowest BCUT2D eigenvalue weighted by molar-refractivity contribution is -0.146. The highest BCUT2D eigenvalue weighted by Crippen LogP contribution is 2.65. The van der Waals surface area contributed by atoms with Crippen molar-refractivity contribution in [1.29, 1.82) is 0 Å². The van der Waals surface area contributed by atoms with Gasteiger partial charge < -0.3 is 26.2 Å². The number of urea groups is 1. The van der Waals surface area contributed by atoms with E-state index in [4.69, 9.17) is 0 Å². The van der Waals surface area contributed by atoms with Crippen LogP contribution in [-0.4, -0.2) is 91.0 Å². The molecule has 13 nitrogen and oxygen atoms in total. The lowest BCUT2D eigenvalue weighted by Gasteiger charge is -2.43. The quantitative estimate of drug-likeness (QED) is 0.164. The molecule has 2 unspecified atom stereocenters. The van der Waals surface area contributed by atoms with Crippen LogP contribution in [0.3, 0.4) is 0 Å². The van der Waals surface area contributed by atoms with Gasteiger partial charge in [-0.1, -0.05) is 97.9 Å². The summed E-state index contributed by atoms with van der Waals surface area (Å²) in [6.07, 6.45) is 7.89. The number of benzene rings is 1. The number of Topliss-reactive ketones (excluding diaryl/α,β-unsaturated/α-hetero) is 1. The maximum Gasteiger partial charge on any atom is 0.315 e. The molecule has 5 aliphatic rings. The van der Waals surface area contributed by atoms with Crippen molar-refractivity contribution in [3.8, 4) is 0 Å². The minimum Gasteiger partial charge on any atom is -0.346 e. The summed E-state index contributed by atoms with van der Waals surface area (Å²) < 4.78 is 28.3. The Morgan fingerprint density at radius 1 is 0.982 bits per heavy atom.